The quantitative estimate of drug-likeness (QED) is 0.688. The monoisotopic (exact) mass is 249 g/mol. The van der Waals surface area contributed by atoms with Gasteiger partial charge in [0.1, 0.15) is 11.3 Å². The minimum atomic E-state index is -0.523. The van der Waals surface area contributed by atoms with Gasteiger partial charge < -0.3 is 9.88 Å². The molecule has 0 aliphatic carbocycles. The van der Waals surface area contributed by atoms with Crippen molar-refractivity contribution in [1.29, 1.82) is 0 Å². The van der Waals surface area contributed by atoms with E-state index in [9.17, 15) is 9.59 Å². The Labute approximate surface area is 102 Å². The number of likely N-dealkylation sites (tertiary alicyclic amines) is 1. The summed E-state index contributed by atoms with van der Waals surface area (Å²) in [6.07, 6.45) is 3.27. The van der Waals surface area contributed by atoms with Crippen molar-refractivity contribution < 1.29 is 0 Å². The van der Waals surface area contributed by atoms with Crippen LogP contribution in [0.3, 0.4) is 0 Å². The van der Waals surface area contributed by atoms with Gasteiger partial charge in [0.05, 0.1) is 0 Å². The van der Waals surface area contributed by atoms with Crippen LogP contribution < -0.4 is 11.2 Å². The lowest BCUT2D eigenvalue weighted by atomic mass is 10.4. The Morgan fingerprint density at radius 1 is 1.11 bits per heavy atom. The number of fused-ring (bicyclic) bond motifs is 1. The number of aromatic amines is 3. The van der Waals surface area contributed by atoms with Gasteiger partial charge in [-0.05, 0) is 25.9 Å². The second-order valence-electron chi connectivity index (χ2n) is 4.61. The van der Waals surface area contributed by atoms with Gasteiger partial charge in [-0.1, -0.05) is 0 Å². The van der Waals surface area contributed by atoms with Gasteiger partial charge in [0.25, 0.3) is 5.56 Å². The Balaban J connectivity index is 1.82. The fourth-order valence-corrected chi connectivity index (χ4v) is 2.37. The summed E-state index contributed by atoms with van der Waals surface area (Å²) >= 11 is 0. The van der Waals surface area contributed by atoms with Crippen molar-refractivity contribution in [2.45, 2.75) is 19.3 Å². The molecule has 2 aromatic heterocycles. The summed E-state index contributed by atoms with van der Waals surface area (Å²) in [5.41, 5.74) is -0.273. The van der Waals surface area contributed by atoms with Crippen LogP contribution in [0.1, 0.15) is 18.7 Å². The average Bonchev–Trinajstić information content (AvgIpc) is 2.93. The van der Waals surface area contributed by atoms with E-state index < -0.39 is 11.2 Å². The van der Waals surface area contributed by atoms with E-state index in [2.05, 4.69) is 24.8 Å². The molecule has 0 aromatic carbocycles. The van der Waals surface area contributed by atoms with Crippen molar-refractivity contribution in [3.8, 4) is 0 Å². The first-order valence-corrected chi connectivity index (χ1v) is 6.16. The molecule has 1 aliphatic rings. The summed E-state index contributed by atoms with van der Waals surface area (Å²) < 4.78 is 0. The minimum absolute atomic E-state index is 0.333. The molecule has 0 spiro atoms. The highest BCUT2D eigenvalue weighted by Crippen LogP contribution is 2.09. The highest BCUT2D eigenvalue weighted by molar-refractivity contribution is 5.68. The molecule has 18 heavy (non-hydrogen) atoms. The largest absolute Gasteiger partial charge is 0.336 e. The van der Waals surface area contributed by atoms with Crippen molar-refractivity contribution in [2.24, 2.45) is 0 Å². The van der Waals surface area contributed by atoms with Crippen molar-refractivity contribution in [1.82, 2.24) is 24.8 Å². The number of H-pyrrole nitrogens is 3. The number of hydrogen-bond donors (Lipinski definition) is 3. The van der Waals surface area contributed by atoms with E-state index >= 15 is 0 Å². The molecule has 7 nitrogen and oxygen atoms in total. The van der Waals surface area contributed by atoms with Crippen LogP contribution in [0.25, 0.3) is 11.2 Å². The van der Waals surface area contributed by atoms with Gasteiger partial charge in [0.2, 0.25) is 0 Å². The Morgan fingerprint density at radius 2 is 1.89 bits per heavy atom. The number of nitrogens with one attached hydrogen (secondary N) is 3. The molecule has 0 atom stereocenters. The fraction of sp³-hybridized carbons (Fsp3) is 0.545. The van der Waals surface area contributed by atoms with E-state index in [4.69, 9.17) is 0 Å². The zero-order valence-corrected chi connectivity index (χ0v) is 9.95. The van der Waals surface area contributed by atoms with Gasteiger partial charge in [-0.3, -0.25) is 14.8 Å². The van der Waals surface area contributed by atoms with Crippen LogP contribution in [0.2, 0.25) is 0 Å². The molecule has 1 fully saturated rings. The van der Waals surface area contributed by atoms with Crippen molar-refractivity contribution in [2.75, 3.05) is 19.6 Å². The molecule has 1 aliphatic heterocycles. The van der Waals surface area contributed by atoms with Gasteiger partial charge in [0, 0.05) is 13.0 Å². The molecule has 3 heterocycles. The third-order valence-corrected chi connectivity index (χ3v) is 3.30. The molecule has 3 N–H and O–H groups in total. The Bertz CT molecular complexity index is 662. The number of hydrogen-bond acceptors (Lipinski definition) is 4. The molecule has 0 unspecified atom stereocenters. The van der Waals surface area contributed by atoms with Crippen molar-refractivity contribution >= 4 is 11.2 Å². The Morgan fingerprint density at radius 3 is 2.67 bits per heavy atom. The topological polar surface area (TPSA) is 97.6 Å². The first kappa shape index (κ1) is 11.2. The average molecular weight is 249 g/mol. The predicted octanol–water partition coefficient (Wildman–Crippen LogP) is -0.422. The number of imidazole rings is 1. The van der Waals surface area contributed by atoms with Crippen LogP contribution in [-0.2, 0) is 6.42 Å². The molecule has 96 valence electrons. The summed E-state index contributed by atoms with van der Waals surface area (Å²) in [5, 5.41) is 0. The molecule has 7 heteroatoms. The number of rotatable bonds is 3. The van der Waals surface area contributed by atoms with Gasteiger partial charge in [-0.25, -0.2) is 9.78 Å². The Kier molecular flexibility index (Phi) is 2.75. The molecule has 0 radical (unpaired) electrons. The van der Waals surface area contributed by atoms with Crippen LogP contribution in [0.15, 0.2) is 9.59 Å². The van der Waals surface area contributed by atoms with Crippen LogP contribution in [0.4, 0.5) is 0 Å². The molecular weight excluding hydrogens is 234 g/mol. The summed E-state index contributed by atoms with van der Waals surface area (Å²) in [4.78, 5) is 36.9. The second kappa shape index (κ2) is 4.41. The van der Waals surface area contributed by atoms with Gasteiger partial charge in [-0.15, -0.1) is 0 Å². The zero-order chi connectivity index (χ0) is 12.5. The van der Waals surface area contributed by atoms with E-state index in [0.717, 1.165) is 31.9 Å². The van der Waals surface area contributed by atoms with Crippen LogP contribution >= 0.6 is 0 Å². The first-order valence-electron chi connectivity index (χ1n) is 6.16. The lowest BCUT2D eigenvalue weighted by molar-refractivity contribution is 0.341. The molecule has 1 saturated heterocycles. The normalized spacial score (nSPS) is 16.7. The molecule has 0 bridgehead atoms. The number of nitrogens with zero attached hydrogens (tertiary/aromatic N) is 2. The first-order chi connectivity index (χ1) is 8.72. The van der Waals surface area contributed by atoms with E-state index in [0.29, 0.717) is 11.2 Å². The highest BCUT2D eigenvalue weighted by Gasteiger charge is 2.13. The molecule has 2 aromatic rings. The van der Waals surface area contributed by atoms with E-state index in [-0.39, 0.29) is 0 Å². The maximum atomic E-state index is 11.5. The van der Waals surface area contributed by atoms with Gasteiger partial charge in [0.15, 0.2) is 5.65 Å². The van der Waals surface area contributed by atoms with E-state index in [1.54, 1.807) is 0 Å². The SMILES string of the molecule is O=c1[nH]c(=O)c2[nH]c(CCN3CCCC3)nc2[nH]1. The summed E-state index contributed by atoms with van der Waals surface area (Å²) in [5.74, 6) is 0.740. The lowest BCUT2D eigenvalue weighted by Gasteiger charge is -2.12. The second-order valence-corrected chi connectivity index (χ2v) is 4.61. The lowest BCUT2D eigenvalue weighted by Crippen LogP contribution is -2.22. The zero-order valence-electron chi connectivity index (χ0n) is 9.95. The molecule has 3 rings (SSSR count). The van der Waals surface area contributed by atoms with E-state index in [1.807, 2.05) is 0 Å². The summed E-state index contributed by atoms with van der Waals surface area (Å²) in [6, 6.07) is 0. The van der Waals surface area contributed by atoms with Gasteiger partial charge >= 0.3 is 5.69 Å². The fourth-order valence-electron chi connectivity index (χ4n) is 2.37. The number of aromatic nitrogens is 4. The highest BCUT2D eigenvalue weighted by atomic mass is 16.2. The van der Waals surface area contributed by atoms with Crippen molar-refractivity contribution in [3.63, 3.8) is 0 Å². The summed E-state index contributed by atoms with van der Waals surface area (Å²) in [7, 11) is 0. The van der Waals surface area contributed by atoms with Gasteiger partial charge in [-0.2, -0.15) is 0 Å². The maximum Gasteiger partial charge on any atom is 0.327 e. The smallest absolute Gasteiger partial charge is 0.327 e. The van der Waals surface area contributed by atoms with Crippen LogP contribution in [0, 0.1) is 0 Å². The third-order valence-electron chi connectivity index (χ3n) is 3.30. The molecule has 0 saturated carbocycles. The van der Waals surface area contributed by atoms with E-state index in [1.165, 1.54) is 12.8 Å². The van der Waals surface area contributed by atoms with Crippen molar-refractivity contribution in [3.05, 3.63) is 26.7 Å². The van der Waals surface area contributed by atoms with Crippen LogP contribution in [-0.4, -0.2) is 44.5 Å². The minimum Gasteiger partial charge on any atom is -0.336 e. The third kappa shape index (κ3) is 2.08. The standard InChI is InChI=1S/C11H15N5O2/c17-10-8-9(14-11(18)15-10)13-7(12-8)3-6-16-4-1-2-5-16/h1-6H2,(H3,12,13,14,15,17,18). The Hall–Kier alpha value is -1.89. The van der Waals surface area contributed by atoms with Crippen LogP contribution in [0.5, 0.6) is 0 Å². The predicted molar refractivity (Wildman–Crippen MR) is 66.7 cm³/mol. The molecule has 0 amide bonds. The molecular formula is C11H15N5O2. The maximum absolute atomic E-state index is 11.5. The summed E-state index contributed by atoms with van der Waals surface area (Å²) in [6.45, 7) is 3.21.